The minimum atomic E-state index is -0.539. The molecule has 0 spiro atoms. The van der Waals surface area contributed by atoms with Crippen molar-refractivity contribution in [2.75, 3.05) is 54.4 Å². The molecule has 1 aliphatic heterocycles. The SMILES string of the molecule is O=[N+]([O-])c1c(NCCO)cc(N2CCN(c3ccc(F)cc3)CC2)c2nonc12. The lowest BCUT2D eigenvalue weighted by Crippen LogP contribution is -2.46. The van der Waals surface area contributed by atoms with E-state index in [1.807, 2.05) is 0 Å². The Kier molecular flexibility index (Phi) is 5.12. The molecule has 3 aromatic rings. The fourth-order valence-electron chi connectivity index (χ4n) is 3.52. The Hall–Kier alpha value is -3.47. The van der Waals surface area contributed by atoms with Gasteiger partial charge in [0.05, 0.1) is 17.2 Å². The van der Waals surface area contributed by atoms with Crippen LogP contribution in [0.15, 0.2) is 35.0 Å². The van der Waals surface area contributed by atoms with Crippen LogP contribution in [0.25, 0.3) is 11.0 Å². The zero-order chi connectivity index (χ0) is 20.4. The van der Waals surface area contributed by atoms with E-state index in [4.69, 9.17) is 9.74 Å². The van der Waals surface area contributed by atoms with E-state index in [0.717, 1.165) is 5.69 Å². The number of aromatic nitrogens is 2. The van der Waals surface area contributed by atoms with Crippen molar-refractivity contribution in [1.29, 1.82) is 0 Å². The summed E-state index contributed by atoms with van der Waals surface area (Å²) in [5, 5.41) is 31.1. The molecule has 1 aromatic heterocycles. The molecule has 0 radical (unpaired) electrons. The van der Waals surface area contributed by atoms with Crippen molar-refractivity contribution < 1.29 is 19.0 Å². The molecule has 0 atom stereocenters. The van der Waals surface area contributed by atoms with Crippen molar-refractivity contribution in [1.82, 2.24) is 10.3 Å². The lowest BCUT2D eigenvalue weighted by molar-refractivity contribution is -0.382. The number of anilines is 3. The number of nitrogens with one attached hydrogen (secondary N) is 1. The molecule has 0 aliphatic carbocycles. The summed E-state index contributed by atoms with van der Waals surface area (Å²) in [6, 6.07) is 8.00. The topological polar surface area (TPSA) is 121 Å². The number of benzene rings is 2. The highest BCUT2D eigenvalue weighted by Gasteiger charge is 2.29. The number of nitro benzene ring substituents is 1. The van der Waals surface area contributed by atoms with E-state index in [2.05, 4.69) is 25.4 Å². The van der Waals surface area contributed by atoms with E-state index in [1.165, 1.54) is 12.1 Å². The molecule has 2 aromatic carbocycles. The normalized spacial score (nSPS) is 14.4. The molecule has 0 saturated carbocycles. The molecule has 29 heavy (non-hydrogen) atoms. The molecule has 0 bridgehead atoms. The first-order valence-corrected chi connectivity index (χ1v) is 9.12. The van der Waals surface area contributed by atoms with E-state index < -0.39 is 4.92 Å². The molecular formula is C18H19FN6O4. The summed E-state index contributed by atoms with van der Waals surface area (Å²) in [4.78, 5) is 15.2. The second-order valence-electron chi connectivity index (χ2n) is 6.61. The predicted molar refractivity (Wildman–Crippen MR) is 105 cm³/mol. The van der Waals surface area contributed by atoms with Gasteiger partial charge < -0.3 is 20.2 Å². The van der Waals surface area contributed by atoms with Crippen molar-refractivity contribution >= 4 is 33.8 Å². The van der Waals surface area contributed by atoms with Gasteiger partial charge in [0.15, 0.2) is 5.52 Å². The summed E-state index contributed by atoms with van der Waals surface area (Å²) in [5.41, 5.74) is 2.02. The molecule has 10 nitrogen and oxygen atoms in total. The average Bonchev–Trinajstić information content (AvgIpc) is 3.21. The first-order chi connectivity index (χ1) is 14.1. The Morgan fingerprint density at radius 2 is 1.79 bits per heavy atom. The number of nitro groups is 1. The fourth-order valence-corrected chi connectivity index (χ4v) is 3.52. The van der Waals surface area contributed by atoms with Crippen molar-refractivity contribution in [3.8, 4) is 0 Å². The van der Waals surface area contributed by atoms with Crippen LogP contribution in [0.1, 0.15) is 0 Å². The molecule has 0 amide bonds. The Labute approximate surface area is 164 Å². The number of nitrogens with zero attached hydrogens (tertiary/aromatic N) is 5. The maximum atomic E-state index is 13.2. The molecule has 4 rings (SSSR count). The fraction of sp³-hybridized carbons (Fsp3) is 0.333. The summed E-state index contributed by atoms with van der Waals surface area (Å²) in [6.07, 6.45) is 0. The van der Waals surface area contributed by atoms with Crippen LogP contribution in [0.2, 0.25) is 0 Å². The molecule has 1 saturated heterocycles. The molecule has 11 heteroatoms. The van der Waals surface area contributed by atoms with Gasteiger partial charge in [0, 0.05) is 38.4 Å². The lowest BCUT2D eigenvalue weighted by atomic mass is 10.1. The summed E-state index contributed by atoms with van der Waals surface area (Å²) in [7, 11) is 0. The van der Waals surface area contributed by atoms with Crippen LogP contribution in [-0.2, 0) is 0 Å². The molecule has 1 fully saturated rings. The van der Waals surface area contributed by atoms with Gasteiger partial charge in [0.1, 0.15) is 11.5 Å². The maximum Gasteiger partial charge on any atom is 0.323 e. The van der Waals surface area contributed by atoms with Crippen LogP contribution < -0.4 is 15.1 Å². The maximum absolute atomic E-state index is 13.2. The number of fused-ring (bicyclic) bond motifs is 1. The standard InChI is InChI=1S/C18H19FN6O4/c19-12-1-3-13(4-2-12)23-6-8-24(9-7-23)15-11-14(20-5-10-26)18(25(27)28)17-16(15)21-29-22-17/h1-4,11,20,26H,5-10H2. The lowest BCUT2D eigenvalue weighted by Gasteiger charge is -2.37. The summed E-state index contributed by atoms with van der Waals surface area (Å²) in [5.74, 6) is -0.276. The van der Waals surface area contributed by atoms with Crippen molar-refractivity contribution in [2.45, 2.75) is 0 Å². The van der Waals surface area contributed by atoms with Crippen molar-refractivity contribution in [2.24, 2.45) is 0 Å². The third-order valence-corrected chi connectivity index (χ3v) is 4.91. The molecule has 2 heterocycles. The first kappa shape index (κ1) is 18.9. The van der Waals surface area contributed by atoms with Gasteiger partial charge in [-0.05, 0) is 40.6 Å². The minimum absolute atomic E-state index is 0.0638. The van der Waals surface area contributed by atoms with Crippen LogP contribution in [0.3, 0.4) is 0 Å². The Bertz CT molecular complexity index is 1020. The number of piperazine rings is 1. The van der Waals surface area contributed by atoms with E-state index >= 15 is 0 Å². The van der Waals surface area contributed by atoms with Gasteiger partial charge in [-0.15, -0.1) is 0 Å². The largest absolute Gasteiger partial charge is 0.395 e. The molecule has 152 valence electrons. The second-order valence-corrected chi connectivity index (χ2v) is 6.61. The highest BCUT2D eigenvalue weighted by molar-refractivity contribution is 5.99. The van der Waals surface area contributed by atoms with E-state index in [9.17, 15) is 14.5 Å². The van der Waals surface area contributed by atoms with Gasteiger partial charge in [-0.2, -0.15) is 0 Å². The van der Waals surface area contributed by atoms with Gasteiger partial charge in [-0.3, -0.25) is 10.1 Å². The van der Waals surface area contributed by atoms with Crippen LogP contribution in [0.5, 0.6) is 0 Å². The van der Waals surface area contributed by atoms with Crippen molar-refractivity contribution in [3.63, 3.8) is 0 Å². The van der Waals surface area contributed by atoms with Crippen LogP contribution in [0, 0.1) is 15.9 Å². The third-order valence-electron chi connectivity index (χ3n) is 4.91. The van der Waals surface area contributed by atoms with E-state index in [1.54, 1.807) is 18.2 Å². The van der Waals surface area contributed by atoms with Gasteiger partial charge in [-0.25, -0.2) is 9.02 Å². The molecule has 0 unspecified atom stereocenters. The Morgan fingerprint density at radius 1 is 1.14 bits per heavy atom. The number of aliphatic hydroxyl groups excluding tert-OH is 1. The monoisotopic (exact) mass is 402 g/mol. The number of hydrogen-bond acceptors (Lipinski definition) is 9. The summed E-state index contributed by atoms with van der Waals surface area (Å²) in [6.45, 7) is 2.64. The third kappa shape index (κ3) is 3.63. The Morgan fingerprint density at radius 3 is 2.45 bits per heavy atom. The summed E-state index contributed by atoms with van der Waals surface area (Å²) >= 11 is 0. The quantitative estimate of drug-likeness (QED) is 0.471. The number of rotatable bonds is 6. The average molecular weight is 402 g/mol. The number of aliphatic hydroxyl groups is 1. The summed E-state index contributed by atoms with van der Waals surface area (Å²) < 4.78 is 17.9. The van der Waals surface area contributed by atoms with Crippen LogP contribution in [0.4, 0.5) is 27.1 Å². The highest BCUT2D eigenvalue weighted by atomic mass is 19.1. The van der Waals surface area contributed by atoms with Gasteiger partial charge in [-0.1, -0.05) is 0 Å². The second kappa shape index (κ2) is 7.87. The van der Waals surface area contributed by atoms with E-state index in [0.29, 0.717) is 37.4 Å². The Balaban J connectivity index is 1.62. The highest BCUT2D eigenvalue weighted by Crippen LogP contribution is 2.38. The smallest absolute Gasteiger partial charge is 0.323 e. The number of halogens is 1. The number of hydrogen-bond donors (Lipinski definition) is 2. The van der Waals surface area contributed by atoms with Gasteiger partial charge in [0.25, 0.3) is 0 Å². The minimum Gasteiger partial charge on any atom is -0.395 e. The van der Waals surface area contributed by atoms with E-state index in [-0.39, 0.29) is 35.9 Å². The molecular weight excluding hydrogens is 383 g/mol. The molecule has 2 N–H and O–H groups in total. The zero-order valence-corrected chi connectivity index (χ0v) is 15.4. The van der Waals surface area contributed by atoms with Crippen LogP contribution in [-0.4, -0.2) is 59.7 Å². The molecule has 1 aliphatic rings. The zero-order valence-electron chi connectivity index (χ0n) is 15.4. The first-order valence-electron chi connectivity index (χ1n) is 9.12. The van der Waals surface area contributed by atoms with Gasteiger partial charge >= 0.3 is 5.69 Å². The van der Waals surface area contributed by atoms with Crippen molar-refractivity contribution in [3.05, 3.63) is 46.3 Å². The van der Waals surface area contributed by atoms with Gasteiger partial charge in [0.2, 0.25) is 5.52 Å². The van der Waals surface area contributed by atoms with Crippen LogP contribution >= 0.6 is 0 Å². The predicted octanol–water partition coefficient (Wildman–Crippen LogP) is 2.00.